The quantitative estimate of drug-likeness (QED) is 0.623. The average molecular weight is 332 g/mol. The molecule has 0 saturated carbocycles. The highest BCUT2D eigenvalue weighted by atomic mass is 16.5. The molecule has 0 heterocycles. The molecule has 25 heavy (non-hydrogen) atoms. The van der Waals surface area contributed by atoms with Gasteiger partial charge in [-0.1, -0.05) is 36.4 Å². The summed E-state index contributed by atoms with van der Waals surface area (Å²) in [5.41, 5.74) is 4.38. The highest BCUT2D eigenvalue weighted by molar-refractivity contribution is 6.09. The molecule has 0 bridgehead atoms. The third-order valence-electron chi connectivity index (χ3n) is 4.18. The number of hydrogen-bond donors (Lipinski definition) is 0. The molecule has 3 aromatic rings. The minimum Gasteiger partial charge on any atom is -0.497 e. The minimum absolute atomic E-state index is 0.0222. The summed E-state index contributed by atoms with van der Waals surface area (Å²) < 4.78 is 10.5. The molecule has 0 atom stereocenters. The summed E-state index contributed by atoms with van der Waals surface area (Å²) in [5.74, 6) is 1.51. The number of benzene rings is 3. The topological polar surface area (TPSA) is 35.5 Å². The number of aryl methyl sites for hydroxylation is 1. The first kappa shape index (κ1) is 16.8. The summed E-state index contributed by atoms with van der Waals surface area (Å²) in [7, 11) is 3.26. The van der Waals surface area contributed by atoms with Gasteiger partial charge in [0.1, 0.15) is 11.5 Å². The standard InChI is InChI=1S/C22H20O3/c1-15-12-17(10-11-21(15)25-3)16-6-4-7-18(13-16)22(23)19-8-5-9-20(14-19)24-2/h4-14H,1-3H3. The molecule has 0 spiro atoms. The second-order valence-corrected chi connectivity index (χ2v) is 5.83. The van der Waals surface area contributed by atoms with Gasteiger partial charge in [0.05, 0.1) is 14.2 Å². The highest BCUT2D eigenvalue weighted by Crippen LogP contribution is 2.27. The van der Waals surface area contributed by atoms with Crippen molar-refractivity contribution < 1.29 is 14.3 Å². The maximum absolute atomic E-state index is 12.8. The van der Waals surface area contributed by atoms with Gasteiger partial charge in [0.2, 0.25) is 0 Å². The maximum Gasteiger partial charge on any atom is 0.193 e. The molecular formula is C22H20O3. The highest BCUT2D eigenvalue weighted by Gasteiger charge is 2.11. The van der Waals surface area contributed by atoms with Crippen LogP contribution in [-0.2, 0) is 0 Å². The van der Waals surface area contributed by atoms with E-state index in [1.165, 1.54) is 0 Å². The fourth-order valence-corrected chi connectivity index (χ4v) is 2.83. The fraction of sp³-hybridized carbons (Fsp3) is 0.136. The number of ether oxygens (including phenoxy) is 2. The van der Waals surface area contributed by atoms with Gasteiger partial charge in [-0.3, -0.25) is 4.79 Å². The van der Waals surface area contributed by atoms with Gasteiger partial charge in [0.15, 0.2) is 5.78 Å². The Balaban J connectivity index is 1.96. The number of hydrogen-bond acceptors (Lipinski definition) is 3. The van der Waals surface area contributed by atoms with Crippen LogP contribution < -0.4 is 9.47 Å². The van der Waals surface area contributed by atoms with Crippen LogP contribution >= 0.6 is 0 Å². The summed E-state index contributed by atoms with van der Waals surface area (Å²) in [5, 5.41) is 0. The summed E-state index contributed by atoms with van der Waals surface area (Å²) >= 11 is 0. The van der Waals surface area contributed by atoms with E-state index >= 15 is 0 Å². The van der Waals surface area contributed by atoms with Crippen molar-refractivity contribution in [2.45, 2.75) is 6.92 Å². The molecule has 0 aliphatic carbocycles. The molecule has 0 aromatic heterocycles. The van der Waals surface area contributed by atoms with E-state index in [0.717, 1.165) is 22.4 Å². The largest absolute Gasteiger partial charge is 0.497 e. The van der Waals surface area contributed by atoms with Gasteiger partial charge in [-0.2, -0.15) is 0 Å². The van der Waals surface area contributed by atoms with E-state index in [1.54, 1.807) is 26.4 Å². The molecule has 0 amide bonds. The van der Waals surface area contributed by atoms with Crippen LogP contribution in [0, 0.1) is 6.92 Å². The molecule has 0 fully saturated rings. The minimum atomic E-state index is -0.0222. The molecule has 0 radical (unpaired) electrons. The zero-order chi connectivity index (χ0) is 17.8. The van der Waals surface area contributed by atoms with Gasteiger partial charge in [-0.05, 0) is 53.9 Å². The Morgan fingerprint density at radius 2 is 1.44 bits per heavy atom. The lowest BCUT2D eigenvalue weighted by atomic mass is 9.97. The van der Waals surface area contributed by atoms with Crippen LogP contribution in [0.15, 0.2) is 66.7 Å². The number of rotatable bonds is 5. The van der Waals surface area contributed by atoms with E-state index < -0.39 is 0 Å². The Morgan fingerprint density at radius 1 is 0.760 bits per heavy atom. The van der Waals surface area contributed by atoms with Crippen molar-refractivity contribution in [2.24, 2.45) is 0 Å². The lowest BCUT2D eigenvalue weighted by Crippen LogP contribution is -2.01. The van der Waals surface area contributed by atoms with Crippen LogP contribution in [0.4, 0.5) is 0 Å². The van der Waals surface area contributed by atoms with Crippen LogP contribution in [-0.4, -0.2) is 20.0 Å². The SMILES string of the molecule is COc1cccc(C(=O)c2cccc(-c3ccc(OC)c(C)c3)c2)c1. The van der Waals surface area contributed by atoms with Gasteiger partial charge in [0, 0.05) is 11.1 Å². The van der Waals surface area contributed by atoms with Crippen molar-refractivity contribution in [3.8, 4) is 22.6 Å². The zero-order valence-corrected chi connectivity index (χ0v) is 14.6. The molecule has 0 aliphatic rings. The Morgan fingerprint density at radius 3 is 2.12 bits per heavy atom. The van der Waals surface area contributed by atoms with E-state index in [2.05, 4.69) is 6.07 Å². The number of carbonyl (C=O) groups excluding carboxylic acids is 1. The van der Waals surface area contributed by atoms with E-state index in [0.29, 0.717) is 16.9 Å². The lowest BCUT2D eigenvalue weighted by molar-refractivity contribution is 0.103. The van der Waals surface area contributed by atoms with E-state index in [1.807, 2.05) is 55.5 Å². The Labute approximate surface area is 147 Å². The van der Waals surface area contributed by atoms with Crippen molar-refractivity contribution in [1.29, 1.82) is 0 Å². The molecule has 0 N–H and O–H groups in total. The van der Waals surface area contributed by atoms with Gasteiger partial charge >= 0.3 is 0 Å². The third-order valence-corrected chi connectivity index (χ3v) is 4.18. The monoisotopic (exact) mass is 332 g/mol. The predicted molar refractivity (Wildman–Crippen MR) is 99.6 cm³/mol. The van der Waals surface area contributed by atoms with E-state index in [4.69, 9.17) is 9.47 Å². The van der Waals surface area contributed by atoms with Crippen LogP contribution in [0.3, 0.4) is 0 Å². The normalized spacial score (nSPS) is 10.4. The Kier molecular flexibility index (Phi) is 4.85. The third kappa shape index (κ3) is 3.56. The molecule has 3 heteroatoms. The number of methoxy groups -OCH3 is 2. The van der Waals surface area contributed by atoms with Gasteiger partial charge in [0.25, 0.3) is 0 Å². The first-order chi connectivity index (χ1) is 12.1. The molecular weight excluding hydrogens is 312 g/mol. The second-order valence-electron chi connectivity index (χ2n) is 5.83. The Bertz CT molecular complexity index is 913. The van der Waals surface area contributed by atoms with Crippen molar-refractivity contribution >= 4 is 5.78 Å². The molecule has 0 unspecified atom stereocenters. The summed E-state index contributed by atoms with van der Waals surface area (Å²) in [6, 6.07) is 20.9. The van der Waals surface area contributed by atoms with Gasteiger partial charge in [-0.25, -0.2) is 0 Å². The van der Waals surface area contributed by atoms with Crippen LogP contribution in [0.5, 0.6) is 11.5 Å². The molecule has 0 saturated heterocycles. The summed E-state index contributed by atoms with van der Waals surface area (Å²) in [6.45, 7) is 2.01. The Hall–Kier alpha value is -3.07. The van der Waals surface area contributed by atoms with Crippen molar-refractivity contribution in [3.63, 3.8) is 0 Å². The lowest BCUT2D eigenvalue weighted by Gasteiger charge is -2.09. The number of carbonyl (C=O) groups is 1. The van der Waals surface area contributed by atoms with Crippen molar-refractivity contribution in [3.05, 3.63) is 83.4 Å². The first-order valence-corrected chi connectivity index (χ1v) is 8.06. The predicted octanol–water partition coefficient (Wildman–Crippen LogP) is 4.91. The van der Waals surface area contributed by atoms with Crippen molar-refractivity contribution in [2.75, 3.05) is 14.2 Å². The smallest absolute Gasteiger partial charge is 0.193 e. The average Bonchev–Trinajstić information content (AvgIpc) is 2.67. The first-order valence-electron chi connectivity index (χ1n) is 8.06. The number of ketones is 1. The van der Waals surface area contributed by atoms with Gasteiger partial charge < -0.3 is 9.47 Å². The molecule has 3 aromatic carbocycles. The summed E-state index contributed by atoms with van der Waals surface area (Å²) in [4.78, 5) is 12.8. The van der Waals surface area contributed by atoms with Gasteiger partial charge in [-0.15, -0.1) is 0 Å². The molecule has 3 nitrogen and oxygen atoms in total. The molecule has 0 aliphatic heterocycles. The fourth-order valence-electron chi connectivity index (χ4n) is 2.83. The zero-order valence-electron chi connectivity index (χ0n) is 14.6. The van der Waals surface area contributed by atoms with Crippen molar-refractivity contribution in [1.82, 2.24) is 0 Å². The summed E-state index contributed by atoms with van der Waals surface area (Å²) in [6.07, 6.45) is 0. The van der Waals surface area contributed by atoms with E-state index in [9.17, 15) is 4.79 Å². The van der Waals surface area contributed by atoms with Crippen LogP contribution in [0.1, 0.15) is 21.5 Å². The molecule has 126 valence electrons. The van der Waals surface area contributed by atoms with Crippen LogP contribution in [0.25, 0.3) is 11.1 Å². The van der Waals surface area contributed by atoms with Crippen LogP contribution in [0.2, 0.25) is 0 Å². The second kappa shape index (κ2) is 7.22. The van der Waals surface area contributed by atoms with E-state index in [-0.39, 0.29) is 5.78 Å². The molecule has 3 rings (SSSR count). The maximum atomic E-state index is 12.8.